The van der Waals surface area contributed by atoms with Crippen molar-refractivity contribution in [2.75, 3.05) is 5.75 Å². The van der Waals surface area contributed by atoms with Crippen LogP contribution < -0.4 is 0 Å². The Morgan fingerprint density at radius 3 is 2.24 bits per heavy atom. The lowest BCUT2D eigenvalue weighted by Gasteiger charge is -2.30. The Kier molecular flexibility index (Phi) is 6.64. The van der Waals surface area contributed by atoms with Gasteiger partial charge in [0.1, 0.15) is 5.82 Å². The lowest BCUT2D eigenvalue weighted by molar-refractivity contribution is -0.131. The molecule has 2 rings (SSSR count). The first-order chi connectivity index (χ1) is 11.8. The van der Waals surface area contributed by atoms with Gasteiger partial charge < -0.3 is 4.90 Å². The van der Waals surface area contributed by atoms with Crippen LogP contribution in [0.5, 0.6) is 0 Å². The number of hydrogen-bond donors (Lipinski definition) is 0. The van der Waals surface area contributed by atoms with Gasteiger partial charge in [0.25, 0.3) is 0 Å². The van der Waals surface area contributed by atoms with Crippen molar-refractivity contribution in [3.63, 3.8) is 0 Å². The largest absolute Gasteiger partial charge is 0.337 e. The Labute approximate surface area is 154 Å². The Morgan fingerprint density at radius 1 is 1.12 bits per heavy atom. The zero-order valence-electron chi connectivity index (χ0n) is 16.0. The van der Waals surface area contributed by atoms with Crippen LogP contribution in [0.1, 0.15) is 46.0 Å². The number of amides is 1. The molecule has 6 heteroatoms. The van der Waals surface area contributed by atoms with Crippen molar-refractivity contribution < 1.29 is 4.79 Å². The van der Waals surface area contributed by atoms with Gasteiger partial charge in [0.2, 0.25) is 5.91 Å². The van der Waals surface area contributed by atoms with Crippen molar-refractivity contribution in [2.45, 2.75) is 65.2 Å². The molecule has 0 fully saturated rings. The molecular formula is C19H28N4OS. The lowest BCUT2D eigenvalue weighted by Crippen LogP contribution is -2.43. The van der Waals surface area contributed by atoms with Gasteiger partial charge in [-0.2, -0.15) is 0 Å². The van der Waals surface area contributed by atoms with E-state index in [-0.39, 0.29) is 18.0 Å². The predicted octanol–water partition coefficient (Wildman–Crippen LogP) is 3.88. The second kappa shape index (κ2) is 8.52. The summed E-state index contributed by atoms with van der Waals surface area (Å²) in [5.74, 6) is 1.31. The number of aryl methyl sites for hydroxylation is 2. The van der Waals surface area contributed by atoms with Crippen LogP contribution in [0.15, 0.2) is 29.4 Å². The van der Waals surface area contributed by atoms with E-state index in [1.54, 1.807) is 0 Å². The zero-order chi connectivity index (χ0) is 18.6. The predicted molar refractivity (Wildman–Crippen MR) is 103 cm³/mol. The van der Waals surface area contributed by atoms with Gasteiger partial charge in [-0.1, -0.05) is 30.8 Å². The van der Waals surface area contributed by atoms with Gasteiger partial charge in [-0.15, -0.1) is 10.2 Å². The monoisotopic (exact) mass is 360 g/mol. The molecule has 0 saturated carbocycles. The number of hydrogen-bond acceptors (Lipinski definition) is 4. The fourth-order valence-electron chi connectivity index (χ4n) is 2.99. The number of carbonyl (C=O) groups is 1. The molecule has 2 aromatic rings. The number of nitrogens with zero attached hydrogens (tertiary/aromatic N) is 4. The van der Waals surface area contributed by atoms with Gasteiger partial charge in [-0.25, -0.2) is 0 Å². The molecule has 0 aliphatic rings. The molecule has 1 heterocycles. The van der Waals surface area contributed by atoms with E-state index in [0.29, 0.717) is 5.75 Å². The second-order valence-electron chi connectivity index (χ2n) is 6.66. The molecule has 0 aliphatic heterocycles. The van der Waals surface area contributed by atoms with E-state index in [9.17, 15) is 4.79 Å². The van der Waals surface area contributed by atoms with Gasteiger partial charge in [0.15, 0.2) is 5.16 Å². The Balaban J connectivity index is 2.17. The first kappa shape index (κ1) is 19.5. The van der Waals surface area contributed by atoms with Gasteiger partial charge in [-0.3, -0.25) is 9.36 Å². The molecule has 1 aromatic carbocycles. The average Bonchev–Trinajstić information content (AvgIpc) is 2.93. The topological polar surface area (TPSA) is 51.0 Å². The molecule has 0 spiro atoms. The smallest absolute Gasteiger partial charge is 0.233 e. The normalized spacial score (nSPS) is 11.4. The summed E-state index contributed by atoms with van der Waals surface area (Å²) in [6.45, 7) is 12.3. The maximum absolute atomic E-state index is 12.6. The van der Waals surface area contributed by atoms with Gasteiger partial charge >= 0.3 is 0 Å². The molecule has 1 aromatic heterocycles. The summed E-state index contributed by atoms with van der Waals surface area (Å²) in [4.78, 5) is 14.5. The minimum atomic E-state index is 0.128. The third-order valence-electron chi connectivity index (χ3n) is 4.12. The van der Waals surface area contributed by atoms with Crippen molar-refractivity contribution in [3.05, 3.63) is 35.7 Å². The van der Waals surface area contributed by atoms with Gasteiger partial charge in [-0.05, 0) is 58.7 Å². The molecule has 5 nitrogen and oxygen atoms in total. The molecule has 0 saturated heterocycles. The maximum Gasteiger partial charge on any atom is 0.233 e. The summed E-state index contributed by atoms with van der Waals surface area (Å²) in [6, 6.07) is 8.77. The third-order valence-corrected chi connectivity index (χ3v) is 5.04. The fourth-order valence-corrected chi connectivity index (χ4v) is 3.85. The van der Waals surface area contributed by atoms with E-state index >= 15 is 0 Å². The van der Waals surface area contributed by atoms with Gasteiger partial charge in [0.05, 0.1) is 5.75 Å². The number of rotatable bonds is 7. The highest BCUT2D eigenvalue weighted by molar-refractivity contribution is 7.99. The molecule has 0 unspecified atom stereocenters. The first-order valence-electron chi connectivity index (χ1n) is 8.80. The first-order valence-corrected chi connectivity index (χ1v) is 9.79. The molecule has 136 valence electrons. The van der Waals surface area contributed by atoms with Crippen LogP contribution >= 0.6 is 11.8 Å². The van der Waals surface area contributed by atoms with Crippen LogP contribution in [0.4, 0.5) is 0 Å². The average molecular weight is 361 g/mol. The summed E-state index contributed by atoms with van der Waals surface area (Å²) in [5, 5.41) is 9.21. The third kappa shape index (κ3) is 4.63. The molecule has 0 N–H and O–H groups in total. The van der Waals surface area contributed by atoms with Crippen LogP contribution in [0, 0.1) is 6.92 Å². The summed E-state index contributed by atoms with van der Waals surface area (Å²) in [7, 11) is 0. The SMILES string of the molecule is CCc1ccc(-n2c(C)nnc2SCC(=O)N(C(C)C)C(C)C)cc1. The van der Waals surface area contributed by atoms with Crippen molar-refractivity contribution in [3.8, 4) is 5.69 Å². The number of thioether (sulfide) groups is 1. The molecule has 1 amide bonds. The highest BCUT2D eigenvalue weighted by Crippen LogP contribution is 2.23. The van der Waals surface area contributed by atoms with E-state index in [0.717, 1.165) is 23.1 Å². The molecular weight excluding hydrogens is 332 g/mol. The Morgan fingerprint density at radius 2 is 1.72 bits per heavy atom. The van der Waals surface area contributed by atoms with E-state index < -0.39 is 0 Å². The minimum absolute atomic E-state index is 0.128. The number of benzene rings is 1. The molecule has 25 heavy (non-hydrogen) atoms. The summed E-state index contributed by atoms with van der Waals surface area (Å²) < 4.78 is 2.01. The molecule has 0 aliphatic carbocycles. The summed E-state index contributed by atoms with van der Waals surface area (Å²) >= 11 is 1.44. The standard InChI is InChI=1S/C19H28N4OS/c1-7-16-8-10-17(11-9-16)23-15(6)20-21-19(23)25-12-18(24)22(13(2)3)14(4)5/h8-11,13-14H,7,12H2,1-6H3. The minimum Gasteiger partial charge on any atom is -0.337 e. The summed E-state index contributed by atoms with van der Waals surface area (Å²) in [6.07, 6.45) is 1.01. The maximum atomic E-state index is 12.6. The van der Waals surface area contributed by atoms with Crippen molar-refractivity contribution in [1.29, 1.82) is 0 Å². The van der Waals surface area contributed by atoms with Crippen LogP contribution in [0.25, 0.3) is 5.69 Å². The fraction of sp³-hybridized carbons (Fsp3) is 0.526. The summed E-state index contributed by atoms with van der Waals surface area (Å²) in [5.41, 5.74) is 2.32. The lowest BCUT2D eigenvalue weighted by atomic mass is 10.1. The van der Waals surface area contributed by atoms with Crippen LogP contribution in [-0.2, 0) is 11.2 Å². The Bertz CT molecular complexity index is 699. The Hall–Kier alpha value is -1.82. The molecule has 0 bridgehead atoms. The van der Waals surface area contributed by atoms with Crippen LogP contribution in [0.3, 0.4) is 0 Å². The highest BCUT2D eigenvalue weighted by atomic mass is 32.2. The molecule has 0 atom stereocenters. The van der Waals surface area contributed by atoms with Crippen molar-refractivity contribution >= 4 is 17.7 Å². The number of carbonyl (C=O) groups excluding carboxylic acids is 1. The van der Waals surface area contributed by atoms with Gasteiger partial charge in [0, 0.05) is 17.8 Å². The number of aromatic nitrogens is 3. The van der Waals surface area contributed by atoms with E-state index in [1.807, 2.05) is 44.1 Å². The van der Waals surface area contributed by atoms with Crippen LogP contribution in [-0.4, -0.2) is 43.4 Å². The quantitative estimate of drug-likeness (QED) is 0.703. The zero-order valence-corrected chi connectivity index (χ0v) is 16.8. The van der Waals surface area contributed by atoms with Crippen LogP contribution in [0.2, 0.25) is 0 Å². The van der Waals surface area contributed by atoms with Crippen molar-refractivity contribution in [2.24, 2.45) is 0 Å². The second-order valence-corrected chi connectivity index (χ2v) is 7.60. The van der Waals surface area contributed by atoms with E-state index in [4.69, 9.17) is 0 Å². The van der Waals surface area contributed by atoms with Crippen molar-refractivity contribution in [1.82, 2.24) is 19.7 Å². The van der Waals surface area contributed by atoms with E-state index in [2.05, 4.69) is 41.4 Å². The molecule has 0 radical (unpaired) electrons. The highest BCUT2D eigenvalue weighted by Gasteiger charge is 2.21. The van der Waals surface area contributed by atoms with E-state index in [1.165, 1.54) is 17.3 Å².